The molecule has 0 atom stereocenters. The van der Waals surface area contributed by atoms with Gasteiger partial charge in [-0.2, -0.15) is 0 Å². The summed E-state index contributed by atoms with van der Waals surface area (Å²) in [6.45, 7) is 7.29. The van der Waals surface area contributed by atoms with Gasteiger partial charge in [-0.05, 0) is 50.5 Å². The Morgan fingerprint density at radius 3 is 2.40 bits per heavy atom. The van der Waals surface area contributed by atoms with Crippen molar-refractivity contribution in [1.29, 1.82) is 0 Å². The maximum Gasteiger partial charge on any atom is 0.160 e. The fourth-order valence-corrected chi connectivity index (χ4v) is 1.69. The number of Topliss-reactive ketones (excluding diaryl/α,β-unsaturated/α-hetero) is 1. The summed E-state index contributed by atoms with van der Waals surface area (Å²) in [5.74, 6) is 0.0307. The zero-order chi connectivity index (χ0) is 11.6. The predicted molar refractivity (Wildman–Crippen MR) is 60.0 cm³/mol. The topological polar surface area (TPSA) is 49.7 Å². The van der Waals surface area contributed by atoms with Gasteiger partial charge in [0.05, 0.1) is 6.21 Å². The second-order valence-corrected chi connectivity index (χ2v) is 3.71. The molecule has 80 valence electrons. The summed E-state index contributed by atoms with van der Waals surface area (Å²) in [5, 5.41) is 11.6. The average molecular weight is 205 g/mol. The number of carbonyl (C=O) groups excluding carboxylic acids is 1. The lowest BCUT2D eigenvalue weighted by atomic mass is 9.93. The summed E-state index contributed by atoms with van der Waals surface area (Å²) in [6.07, 6.45) is 1.38. The molecule has 0 fully saturated rings. The Kier molecular flexibility index (Phi) is 3.24. The lowest BCUT2D eigenvalue weighted by Crippen LogP contribution is -2.04. The van der Waals surface area contributed by atoms with E-state index in [0.29, 0.717) is 5.56 Å². The van der Waals surface area contributed by atoms with Crippen LogP contribution in [0.4, 0.5) is 0 Å². The number of hydrogen-bond donors (Lipinski definition) is 1. The molecule has 3 nitrogen and oxygen atoms in total. The van der Waals surface area contributed by atoms with Crippen molar-refractivity contribution in [2.24, 2.45) is 5.16 Å². The summed E-state index contributed by atoms with van der Waals surface area (Å²) in [7, 11) is 0. The summed E-state index contributed by atoms with van der Waals surface area (Å²) in [4.78, 5) is 11.4. The van der Waals surface area contributed by atoms with E-state index in [1.807, 2.05) is 26.8 Å². The highest BCUT2D eigenvalue weighted by atomic mass is 16.4. The van der Waals surface area contributed by atoms with Crippen LogP contribution in [0.5, 0.6) is 0 Å². The van der Waals surface area contributed by atoms with Crippen molar-refractivity contribution >= 4 is 12.0 Å². The molecule has 0 aromatic heterocycles. The first-order valence-electron chi connectivity index (χ1n) is 4.78. The molecule has 0 saturated carbocycles. The first-order valence-corrected chi connectivity index (χ1v) is 4.78. The van der Waals surface area contributed by atoms with Crippen molar-refractivity contribution < 1.29 is 10.0 Å². The van der Waals surface area contributed by atoms with Crippen molar-refractivity contribution in [3.05, 3.63) is 33.9 Å². The van der Waals surface area contributed by atoms with Crippen molar-refractivity contribution in [1.82, 2.24) is 0 Å². The quantitative estimate of drug-likeness (QED) is 0.349. The molecular formula is C12H15NO2. The number of nitrogens with zero attached hydrogens (tertiary/aromatic N) is 1. The molecule has 0 unspecified atom stereocenters. The number of ketones is 1. The van der Waals surface area contributed by atoms with Gasteiger partial charge in [0.15, 0.2) is 5.78 Å². The van der Waals surface area contributed by atoms with Crippen LogP contribution in [0.15, 0.2) is 11.2 Å². The lowest BCUT2D eigenvalue weighted by Gasteiger charge is -2.11. The molecule has 0 saturated heterocycles. The van der Waals surface area contributed by atoms with Crippen LogP contribution in [0.2, 0.25) is 0 Å². The summed E-state index contributed by atoms with van der Waals surface area (Å²) < 4.78 is 0. The van der Waals surface area contributed by atoms with E-state index >= 15 is 0 Å². The van der Waals surface area contributed by atoms with Gasteiger partial charge in [0, 0.05) is 11.1 Å². The van der Waals surface area contributed by atoms with Gasteiger partial charge < -0.3 is 5.21 Å². The number of hydrogen-bond acceptors (Lipinski definition) is 3. The Hall–Kier alpha value is -1.64. The van der Waals surface area contributed by atoms with Gasteiger partial charge in [-0.15, -0.1) is 0 Å². The zero-order valence-corrected chi connectivity index (χ0v) is 9.46. The monoisotopic (exact) mass is 205 g/mol. The van der Waals surface area contributed by atoms with E-state index < -0.39 is 0 Å². The van der Waals surface area contributed by atoms with E-state index in [0.717, 1.165) is 22.3 Å². The minimum atomic E-state index is 0.0307. The number of carbonyl (C=O) groups is 1. The third-order valence-corrected chi connectivity index (χ3v) is 2.73. The molecule has 15 heavy (non-hydrogen) atoms. The minimum Gasteiger partial charge on any atom is -0.411 e. The van der Waals surface area contributed by atoms with Gasteiger partial charge in [0.2, 0.25) is 0 Å². The van der Waals surface area contributed by atoms with E-state index in [4.69, 9.17) is 5.21 Å². The maximum atomic E-state index is 11.4. The summed E-state index contributed by atoms with van der Waals surface area (Å²) in [6, 6.07) is 1.88. The van der Waals surface area contributed by atoms with Gasteiger partial charge in [-0.1, -0.05) is 5.16 Å². The molecule has 1 N–H and O–H groups in total. The minimum absolute atomic E-state index is 0.0307. The van der Waals surface area contributed by atoms with Crippen LogP contribution < -0.4 is 0 Å². The molecule has 0 aliphatic rings. The largest absolute Gasteiger partial charge is 0.411 e. The molecule has 0 spiro atoms. The highest BCUT2D eigenvalue weighted by molar-refractivity contribution is 5.99. The SMILES string of the molecule is CC(=O)c1cc(C)c(C)c(/C=N\O)c1C. The van der Waals surface area contributed by atoms with Gasteiger partial charge >= 0.3 is 0 Å². The number of oxime groups is 1. The Labute approximate surface area is 89.4 Å². The van der Waals surface area contributed by atoms with Crippen molar-refractivity contribution in [3.63, 3.8) is 0 Å². The van der Waals surface area contributed by atoms with Crippen LogP contribution in [0.1, 0.15) is 39.5 Å². The lowest BCUT2D eigenvalue weighted by molar-refractivity contribution is 0.101. The van der Waals surface area contributed by atoms with E-state index in [9.17, 15) is 4.79 Å². The van der Waals surface area contributed by atoms with Crippen LogP contribution in [-0.4, -0.2) is 17.2 Å². The Morgan fingerprint density at radius 2 is 1.93 bits per heavy atom. The standard InChI is InChI=1S/C12H15NO2/c1-7-5-11(10(4)14)9(3)12(6-13-15)8(7)2/h5-6,15H,1-4H3/b13-6-. The molecule has 1 rings (SSSR count). The van der Waals surface area contributed by atoms with Crippen LogP contribution in [0, 0.1) is 20.8 Å². The van der Waals surface area contributed by atoms with Gasteiger partial charge in [-0.3, -0.25) is 4.79 Å². The fourth-order valence-electron chi connectivity index (χ4n) is 1.69. The number of benzene rings is 1. The van der Waals surface area contributed by atoms with Crippen LogP contribution in [-0.2, 0) is 0 Å². The molecule has 1 aromatic rings. The highest BCUT2D eigenvalue weighted by Crippen LogP contribution is 2.21. The van der Waals surface area contributed by atoms with Crippen molar-refractivity contribution in [2.45, 2.75) is 27.7 Å². The van der Waals surface area contributed by atoms with E-state index in [1.165, 1.54) is 13.1 Å². The molecule has 0 heterocycles. The third-order valence-electron chi connectivity index (χ3n) is 2.73. The van der Waals surface area contributed by atoms with E-state index in [2.05, 4.69) is 5.16 Å². The van der Waals surface area contributed by atoms with Crippen LogP contribution in [0.3, 0.4) is 0 Å². The third kappa shape index (κ3) is 2.06. The molecule has 3 heteroatoms. The number of aryl methyl sites for hydroxylation is 1. The summed E-state index contributed by atoms with van der Waals surface area (Å²) in [5.41, 5.74) is 4.44. The van der Waals surface area contributed by atoms with Crippen LogP contribution >= 0.6 is 0 Å². The summed E-state index contributed by atoms with van der Waals surface area (Å²) >= 11 is 0. The Morgan fingerprint density at radius 1 is 1.33 bits per heavy atom. The molecule has 0 aliphatic carbocycles. The molecule has 0 bridgehead atoms. The normalized spacial score (nSPS) is 10.9. The zero-order valence-electron chi connectivity index (χ0n) is 9.46. The Bertz CT molecular complexity index is 434. The number of rotatable bonds is 2. The smallest absolute Gasteiger partial charge is 0.160 e. The molecule has 0 radical (unpaired) electrons. The first-order chi connectivity index (χ1) is 6.99. The molecule has 1 aromatic carbocycles. The predicted octanol–water partition coefficient (Wildman–Crippen LogP) is 2.62. The van der Waals surface area contributed by atoms with Gasteiger partial charge in [0.1, 0.15) is 0 Å². The average Bonchev–Trinajstić information content (AvgIpc) is 2.18. The molecular weight excluding hydrogens is 190 g/mol. The fraction of sp³-hybridized carbons (Fsp3) is 0.333. The first kappa shape index (κ1) is 11.4. The molecule has 0 aliphatic heterocycles. The Balaban J connectivity index is 3.55. The van der Waals surface area contributed by atoms with Crippen molar-refractivity contribution in [3.8, 4) is 0 Å². The second kappa shape index (κ2) is 4.26. The van der Waals surface area contributed by atoms with Crippen LogP contribution in [0.25, 0.3) is 0 Å². The van der Waals surface area contributed by atoms with E-state index in [1.54, 1.807) is 0 Å². The molecule has 0 amide bonds. The van der Waals surface area contributed by atoms with Gasteiger partial charge in [0.25, 0.3) is 0 Å². The van der Waals surface area contributed by atoms with Gasteiger partial charge in [-0.25, -0.2) is 0 Å². The maximum absolute atomic E-state index is 11.4. The van der Waals surface area contributed by atoms with Crippen molar-refractivity contribution in [2.75, 3.05) is 0 Å². The van der Waals surface area contributed by atoms with E-state index in [-0.39, 0.29) is 5.78 Å². The second-order valence-electron chi connectivity index (χ2n) is 3.71. The highest BCUT2D eigenvalue weighted by Gasteiger charge is 2.11.